The number of carbonyl (C=O) groups excluding carboxylic acids is 1. The average molecular weight is 328 g/mol. The van der Waals surface area contributed by atoms with E-state index in [0.717, 1.165) is 0 Å². The van der Waals surface area contributed by atoms with Crippen LogP contribution in [0.25, 0.3) is 0 Å². The molecule has 0 saturated heterocycles. The summed E-state index contributed by atoms with van der Waals surface area (Å²) in [5.74, 6) is -0.212. The summed E-state index contributed by atoms with van der Waals surface area (Å²) in [5.41, 5.74) is 0.331. The molecule has 1 heterocycles. The van der Waals surface area contributed by atoms with Crippen molar-refractivity contribution in [3.05, 3.63) is 54.2 Å². The fourth-order valence-corrected chi connectivity index (χ4v) is 2.18. The highest BCUT2D eigenvalue weighted by Crippen LogP contribution is 2.19. The van der Waals surface area contributed by atoms with Crippen LogP contribution >= 0.6 is 0 Å². The van der Waals surface area contributed by atoms with Gasteiger partial charge in [0.1, 0.15) is 12.3 Å². The topological polar surface area (TPSA) is 79.7 Å². The molecular weight excluding hydrogens is 308 g/mol. The monoisotopic (exact) mass is 328 g/mol. The SMILES string of the molecule is CC(C)CN(CC(=O)O)C(=O)c1ccc(Oc2ccccc2)nc1. The second kappa shape index (κ2) is 8.10. The Morgan fingerprint density at radius 3 is 2.42 bits per heavy atom. The number of ether oxygens (including phenoxy) is 1. The molecule has 6 heteroatoms. The molecule has 6 nitrogen and oxygen atoms in total. The van der Waals surface area contributed by atoms with Gasteiger partial charge in [0.2, 0.25) is 5.88 Å². The van der Waals surface area contributed by atoms with Crippen LogP contribution < -0.4 is 4.74 Å². The van der Waals surface area contributed by atoms with Crippen molar-refractivity contribution in [1.82, 2.24) is 9.88 Å². The lowest BCUT2D eigenvalue weighted by molar-refractivity contribution is -0.137. The minimum atomic E-state index is -1.04. The van der Waals surface area contributed by atoms with E-state index in [1.807, 2.05) is 32.0 Å². The van der Waals surface area contributed by atoms with Crippen LogP contribution in [-0.4, -0.2) is 40.0 Å². The fourth-order valence-electron chi connectivity index (χ4n) is 2.18. The first-order valence-corrected chi connectivity index (χ1v) is 7.65. The molecule has 0 radical (unpaired) electrons. The van der Waals surface area contributed by atoms with Crippen LogP contribution in [0.1, 0.15) is 24.2 Å². The number of carboxylic acids is 1. The fraction of sp³-hybridized carbons (Fsp3) is 0.278. The van der Waals surface area contributed by atoms with E-state index in [4.69, 9.17) is 9.84 Å². The van der Waals surface area contributed by atoms with Gasteiger partial charge in [-0.1, -0.05) is 32.0 Å². The number of hydrogen-bond donors (Lipinski definition) is 1. The largest absolute Gasteiger partial charge is 0.480 e. The Hall–Kier alpha value is -2.89. The first kappa shape index (κ1) is 17.5. The maximum absolute atomic E-state index is 12.5. The third kappa shape index (κ3) is 5.08. The van der Waals surface area contributed by atoms with Gasteiger partial charge in [-0.2, -0.15) is 0 Å². The van der Waals surface area contributed by atoms with Crippen molar-refractivity contribution in [3.8, 4) is 11.6 Å². The van der Waals surface area contributed by atoms with Crippen molar-refractivity contribution >= 4 is 11.9 Å². The van der Waals surface area contributed by atoms with Crippen LogP contribution in [-0.2, 0) is 4.79 Å². The molecule has 0 saturated carbocycles. The lowest BCUT2D eigenvalue weighted by Gasteiger charge is -2.22. The summed E-state index contributed by atoms with van der Waals surface area (Å²) >= 11 is 0. The van der Waals surface area contributed by atoms with E-state index in [1.165, 1.54) is 11.1 Å². The Bertz CT molecular complexity index is 684. The predicted octanol–water partition coefficient (Wildman–Crippen LogP) is 3.06. The predicted molar refractivity (Wildman–Crippen MR) is 89.1 cm³/mol. The lowest BCUT2D eigenvalue weighted by Crippen LogP contribution is -2.38. The molecule has 1 aromatic heterocycles. The molecule has 0 aliphatic heterocycles. The maximum atomic E-state index is 12.5. The van der Waals surface area contributed by atoms with E-state index in [2.05, 4.69) is 4.98 Å². The molecule has 0 aliphatic rings. The summed E-state index contributed by atoms with van der Waals surface area (Å²) in [4.78, 5) is 28.8. The summed E-state index contributed by atoms with van der Waals surface area (Å²) in [7, 11) is 0. The zero-order valence-corrected chi connectivity index (χ0v) is 13.7. The highest BCUT2D eigenvalue weighted by Gasteiger charge is 2.20. The molecule has 0 bridgehead atoms. The normalized spacial score (nSPS) is 10.5. The van der Waals surface area contributed by atoms with Crippen LogP contribution in [0.15, 0.2) is 48.7 Å². The molecule has 2 rings (SSSR count). The molecule has 0 atom stereocenters. The molecule has 24 heavy (non-hydrogen) atoms. The van der Waals surface area contributed by atoms with Crippen molar-refractivity contribution in [1.29, 1.82) is 0 Å². The smallest absolute Gasteiger partial charge is 0.323 e. The number of carboxylic acid groups (broad SMARTS) is 1. The van der Waals surface area contributed by atoms with Gasteiger partial charge in [-0.3, -0.25) is 9.59 Å². The molecule has 0 spiro atoms. The van der Waals surface area contributed by atoms with E-state index < -0.39 is 5.97 Å². The van der Waals surface area contributed by atoms with Crippen molar-refractivity contribution in [2.75, 3.05) is 13.1 Å². The minimum Gasteiger partial charge on any atom is -0.480 e. The van der Waals surface area contributed by atoms with E-state index >= 15 is 0 Å². The van der Waals surface area contributed by atoms with E-state index in [9.17, 15) is 9.59 Å². The number of hydrogen-bond acceptors (Lipinski definition) is 4. The van der Waals surface area contributed by atoms with Gasteiger partial charge >= 0.3 is 5.97 Å². The number of amides is 1. The number of benzene rings is 1. The van der Waals surface area contributed by atoms with E-state index in [1.54, 1.807) is 24.3 Å². The number of nitrogens with zero attached hydrogens (tertiary/aromatic N) is 2. The summed E-state index contributed by atoms with van der Waals surface area (Å²) < 4.78 is 5.57. The van der Waals surface area contributed by atoms with Gasteiger partial charge in [0.25, 0.3) is 5.91 Å². The van der Waals surface area contributed by atoms with Crippen LogP contribution in [0.4, 0.5) is 0 Å². The maximum Gasteiger partial charge on any atom is 0.323 e. The number of pyridine rings is 1. The van der Waals surface area contributed by atoms with Gasteiger partial charge < -0.3 is 14.7 Å². The van der Waals surface area contributed by atoms with Crippen LogP contribution in [0.3, 0.4) is 0 Å². The number of para-hydroxylation sites is 1. The van der Waals surface area contributed by atoms with Crippen molar-refractivity contribution < 1.29 is 19.4 Å². The summed E-state index contributed by atoms with van der Waals surface area (Å²) in [5, 5.41) is 8.97. The number of aromatic nitrogens is 1. The molecule has 0 fully saturated rings. The average Bonchev–Trinajstić information content (AvgIpc) is 2.54. The minimum absolute atomic E-state index is 0.168. The molecule has 0 unspecified atom stereocenters. The van der Waals surface area contributed by atoms with Gasteiger partial charge in [-0.05, 0) is 24.1 Å². The molecule has 1 amide bonds. The highest BCUT2D eigenvalue weighted by molar-refractivity contribution is 5.95. The quantitative estimate of drug-likeness (QED) is 0.845. The number of rotatable bonds is 7. The third-order valence-electron chi connectivity index (χ3n) is 3.15. The summed E-state index contributed by atoms with van der Waals surface area (Å²) in [6.45, 7) is 3.89. The van der Waals surface area contributed by atoms with Gasteiger partial charge in [0.05, 0.1) is 5.56 Å². The zero-order valence-electron chi connectivity index (χ0n) is 13.7. The first-order valence-electron chi connectivity index (χ1n) is 7.65. The number of aliphatic carboxylic acids is 1. The van der Waals surface area contributed by atoms with Gasteiger partial charge in [-0.15, -0.1) is 0 Å². The van der Waals surface area contributed by atoms with Gasteiger partial charge in [0.15, 0.2) is 0 Å². The third-order valence-corrected chi connectivity index (χ3v) is 3.15. The highest BCUT2D eigenvalue weighted by atomic mass is 16.5. The van der Waals surface area contributed by atoms with Crippen molar-refractivity contribution in [3.63, 3.8) is 0 Å². The molecule has 126 valence electrons. The first-order chi connectivity index (χ1) is 11.5. The van der Waals surface area contributed by atoms with Gasteiger partial charge in [-0.25, -0.2) is 4.98 Å². The van der Waals surface area contributed by atoms with Crippen LogP contribution in [0.2, 0.25) is 0 Å². The van der Waals surface area contributed by atoms with Crippen molar-refractivity contribution in [2.45, 2.75) is 13.8 Å². The zero-order chi connectivity index (χ0) is 17.5. The number of carbonyl (C=O) groups is 2. The molecule has 1 N–H and O–H groups in total. The molecule has 1 aromatic carbocycles. The van der Waals surface area contributed by atoms with Crippen LogP contribution in [0, 0.1) is 5.92 Å². The van der Waals surface area contributed by atoms with Crippen molar-refractivity contribution in [2.24, 2.45) is 5.92 Å². The Balaban J connectivity index is 2.10. The Kier molecular flexibility index (Phi) is 5.89. The van der Waals surface area contributed by atoms with E-state index in [-0.39, 0.29) is 18.4 Å². The van der Waals surface area contributed by atoms with Crippen LogP contribution in [0.5, 0.6) is 11.6 Å². The summed E-state index contributed by atoms with van der Waals surface area (Å²) in [6, 6.07) is 12.4. The molecule has 0 aliphatic carbocycles. The Labute approximate surface area is 140 Å². The lowest BCUT2D eigenvalue weighted by atomic mass is 10.1. The molecular formula is C18H20N2O4. The molecule has 2 aromatic rings. The Morgan fingerprint density at radius 2 is 1.88 bits per heavy atom. The standard InChI is InChI=1S/C18H20N2O4/c1-13(2)11-20(12-17(21)22)18(23)14-8-9-16(19-10-14)24-15-6-4-3-5-7-15/h3-10,13H,11-12H2,1-2H3,(H,21,22). The summed E-state index contributed by atoms with van der Waals surface area (Å²) in [6.07, 6.45) is 1.40. The second-order valence-corrected chi connectivity index (χ2v) is 5.77. The second-order valence-electron chi connectivity index (χ2n) is 5.77. The Morgan fingerprint density at radius 1 is 1.17 bits per heavy atom. The van der Waals surface area contributed by atoms with Gasteiger partial charge in [0, 0.05) is 18.8 Å². The van der Waals surface area contributed by atoms with E-state index in [0.29, 0.717) is 23.7 Å².